The summed E-state index contributed by atoms with van der Waals surface area (Å²) < 4.78 is 0. The predicted octanol–water partition coefficient (Wildman–Crippen LogP) is 1.96. The third kappa shape index (κ3) is 3.20. The van der Waals surface area contributed by atoms with Crippen LogP contribution in [0, 0.1) is 0 Å². The number of rotatable bonds is 5. The summed E-state index contributed by atoms with van der Waals surface area (Å²) >= 11 is 1.22. The van der Waals surface area contributed by atoms with Crippen molar-refractivity contribution in [1.29, 1.82) is 0 Å². The minimum Gasteiger partial charge on any atom is -0.477 e. The smallest absolute Gasteiger partial charge is 0.345 e. The topological polar surface area (TPSA) is 58.6 Å². The first-order valence-corrected chi connectivity index (χ1v) is 4.92. The van der Waals surface area contributed by atoms with Gasteiger partial charge >= 0.3 is 5.97 Å². The van der Waals surface area contributed by atoms with E-state index in [9.17, 15) is 4.79 Å². The van der Waals surface area contributed by atoms with Gasteiger partial charge in [-0.2, -0.15) is 0 Å². The van der Waals surface area contributed by atoms with Crippen LogP contribution in [0.4, 0.5) is 0 Å². The predicted molar refractivity (Wildman–Crippen MR) is 55.1 cm³/mol. The maximum atomic E-state index is 10.5. The first-order chi connectivity index (χ1) is 6.74. The zero-order valence-corrected chi connectivity index (χ0v) is 8.50. The largest absolute Gasteiger partial charge is 0.477 e. The molecule has 0 aliphatic rings. The van der Waals surface area contributed by atoms with E-state index in [1.165, 1.54) is 11.3 Å². The van der Waals surface area contributed by atoms with Crippen molar-refractivity contribution in [2.24, 2.45) is 0 Å². The van der Waals surface area contributed by atoms with Gasteiger partial charge in [-0.25, -0.2) is 4.79 Å². The molecule has 2 N–H and O–H groups in total. The number of hydrogen-bond acceptors (Lipinski definition) is 4. The fraction of sp³-hybridized carbons (Fsp3) is 0.222. The van der Waals surface area contributed by atoms with Gasteiger partial charge in [0.25, 0.3) is 0 Å². The average molecular weight is 213 g/mol. The van der Waals surface area contributed by atoms with E-state index in [2.05, 4.69) is 5.48 Å². The second-order valence-corrected chi connectivity index (χ2v) is 3.51. The molecule has 1 heterocycles. The number of thiophene rings is 1. The summed E-state index contributed by atoms with van der Waals surface area (Å²) in [5, 5.41) is 8.65. The lowest BCUT2D eigenvalue weighted by Gasteiger charge is -1.95. The van der Waals surface area contributed by atoms with Crippen LogP contribution in [0.5, 0.6) is 0 Å². The van der Waals surface area contributed by atoms with Crippen molar-refractivity contribution in [3.05, 3.63) is 28.1 Å². The van der Waals surface area contributed by atoms with E-state index in [0.29, 0.717) is 11.5 Å². The fourth-order valence-electron chi connectivity index (χ4n) is 0.805. The number of hydroxylamine groups is 1. The Morgan fingerprint density at radius 3 is 3.07 bits per heavy atom. The normalized spacial score (nSPS) is 10.6. The molecule has 0 saturated heterocycles. The maximum Gasteiger partial charge on any atom is 0.345 e. The average Bonchev–Trinajstić information content (AvgIpc) is 2.61. The molecule has 4 nitrogen and oxygen atoms in total. The van der Waals surface area contributed by atoms with E-state index < -0.39 is 5.97 Å². The zero-order valence-electron chi connectivity index (χ0n) is 7.69. The standard InChI is InChI=1S/C9H11NO3S/c1-2-13-10-6-5-7-3-4-8(14-7)9(11)12/h3-6,10H,2H2,1H3,(H,11,12). The van der Waals surface area contributed by atoms with E-state index in [0.717, 1.165) is 4.88 Å². The van der Waals surface area contributed by atoms with Crippen molar-refractivity contribution in [2.45, 2.75) is 6.92 Å². The van der Waals surface area contributed by atoms with E-state index in [1.807, 2.05) is 6.92 Å². The quantitative estimate of drug-likeness (QED) is 0.580. The summed E-state index contributed by atoms with van der Waals surface area (Å²) in [6, 6.07) is 3.32. The Morgan fingerprint density at radius 2 is 2.50 bits per heavy atom. The van der Waals surface area contributed by atoms with E-state index >= 15 is 0 Å². The molecule has 0 amide bonds. The highest BCUT2D eigenvalue weighted by Gasteiger charge is 2.04. The summed E-state index contributed by atoms with van der Waals surface area (Å²) in [4.78, 5) is 16.6. The Balaban J connectivity index is 2.51. The highest BCUT2D eigenvalue weighted by Crippen LogP contribution is 2.17. The molecule has 14 heavy (non-hydrogen) atoms. The molecule has 0 aliphatic heterocycles. The first-order valence-electron chi connectivity index (χ1n) is 4.11. The Hall–Kier alpha value is -1.33. The Bertz CT molecular complexity index is 333. The van der Waals surface area contributed by atoms with Crippen LogP contribution in [-0.2, 0) is 4.84 Å². The highest BCUT2D eigenvalue weighted by atomic mass is 32.1. The van der Waals surface area contributed by atoms with Gasteiger partial charge in [-0.3, -0.25) is 10.3 Å². The van der Waals surface area contributed by atoms with Crippen LogP contribution in [0.3, 0.4) is 0 Å². The van der Waals surface area contributed by atoms with Gasteiger partial charge in [0.05, 0.1) is 6.61 Å². The Kier molecular flexibility index (Phi) is 4.15. The molecule has 0 radical (unpaired) electrons. The zero-order chi connectivity index (χ0) is 10.4. The molecule has 1 aromatic heterocycles. The summed E-state index contributed by atoms with van der Waals surface area (Å²) in [5.74, 6) is -0.896. The van der Waals surface area contributed by atoms with Crippen LogP contribution in [0.15, 0.2) is 18.3 Å². The molecule has 5 heteroatoms. The summed E-state index contributed by atoms with van der Waals surface area (Å²) in [5.41, 5.74) is 2.60. The number of carbonyl (C=O) groups is 1. The second-order valence-electron chi connectivity index (χ2n) is 2.39. The van der Waals surface area contributed by atoms with Gasteiger partial charge in [-0.05, 0) is 25.1 Å². The number of carboxylic acids is 1. The minimum absolute atomic E-state index is 0.334. The molecule has 0 unspecified atom stereocenters. The van der Waals surface area contributed by atoms with E-state index in [1.54, 1.807) is 24.4 Å². The lowest BCUT2D eigenvalue weighted by atomic mass is 10.4. The lowest BCUT2D eigenvalue weighted by Crippen LogP contribution is -2.04. The summed E-state index contributed by atoms with van der Waals surface area (Å²) in [7, 11) is 0. The van der Waals surface area contributed by atoms with Crippen molar-refractivity contribution >= 4 is 23.4 Å². The fourth-order valence-corrected chi connectivity index (χ4v) is 1.55. The van der Waals surface area contributed by atoms with Gasteiger partial charge in [0.15, 0.2) is 0 Å². The minimum atomic E-state index is -0.896. The Labute approximate surface area is 85.8 Å². The van der Waals surface area contributed by atoms with Gasteiger partial charge in [-0.15, -0.1) is 11.3 Å². The lowest BCUT2D eigenvalue weighted by molar-refractivity contribution is 0.0702. The number of hydrogen-bond donors (Lipinski definition) is 2. The van der Waals surface area contributed by atoms with Crippen molar-refractivity contribution < 1.29 is 14.7 Å². The van der Waals surface area contributed by atoms with Gasteiger partial charge in [-0.1, -0.05) is 0 Å². The molecule has 0 fully saturated rings. The third-order valence-electron chi connectivity index (χ3n) is 1.38. The monoisotopic (exact) mass is 213 g/mol. The summed E-state index contributed by atoms with van der Waals surface area (Å²) in [6.07, 6.45) is 3.38. The first kappa shape index (κ1) is 10.7. The maximum absolute atomic E-state index is 10.5. The van der Waals surface area contributed by atoms with Crippen LogP contribution in [-0.4, -0.2) is 17.7 Å². The molecular weight excluding hydrogens is 202 g/mol. The summed E-state index contributed by atoms with van der Waals surface area (Å²) in [6.45, 7) is 2.45. The molecule has 0 bridgehead atoms. The van der Waals surface area contributed by atoms with Crippen molar-refractivity contribution in [1.82, 2.24) is 5.48 Å². The van der Waals surface area contributed by atoms with Crippen molar-refractivity contribution in [3.63, 3.8) is 0 Å². The van der Waals surface area contributed by atoms with Crippen molar-refractivity contribution in [3.8, 4) is 0 Å². The van der Waals surface area contributed by atoms with E-state index in [-0.39, 0.29) is 0 Å². The van der Waals surface area contributed by atoms with Gasteiger partial charge in [0.2, 0.25) is 0 Å². The van der Waals surface area contributed by atoms with Crippen LogP contribution in [0.2, 0.25) is 0 Å². The molecule has 0 aromatic carbocycles. The van der Waals surface area contributed by atoms with Gasteiger partial charge in [0, 0.05) is 11.1 Å². The van der Waals surface area contributed by atoms with E-state index in [4.69, 9.17) is 9.94 Å². The molecule has 1 rings (SSSR count). The van der Waals surface area contributed by atoms with Crippen LogP contribution in [0.25, 0.3) is 6.08 Å². The molecule has 0 spiro atoms. The van der Waals surface area contributed by atoms with Gasteiger partial charge < -0.3 is 5.11 Å². The molecule has 0 aliphatic carbocycles. The molecule has 0 saturated carbocycles. The molecule has 1 aromatic rings. The van der Waals surface area contributed by atoms with Crippen LogP contribution < -0.4 is 5.48 Å². The SMILES string of the molecule is CCONC=Cc1ccc(C(=O)O)s1. The number of nitrogens with one attached hydrogen (secondary N) is 1. The van der Waals surface area contributed by atoms with Crippen LogP contribution >= 0.6 is 11.3 Å². The van der Waals surface area contributed by atoms with Crippen molar-refractivity contribution in [2.75, 3.05) is 6.61 Å². The Morgan fingerprint density at radius 1 is 1.71 bits per heavy atom. The number of aromatic carboxylic acids is 1. The molecule has 76 valence electrons. The highest BCUT2D eigenvalue weighted by molar-refractivity contribution is 7.14. The van der Waals surface area contributed by atoms with Gasteiger partial charge in [0.1, 0.15) is 4.88 Å². The van der Waals surface area contributed by atoms with Crippen LogP contribution in [0.1, 0.15) is 21.5 Å². The second kappa shape index (κ2) is 5.41. The third-order valence-corrected chi connectivity index (χ3v) is 2.42. The molecular formula is C9H11NO3S. The molecule has 0 atom stereocenters. The number of carboxylic acid groups (broad SMARTS) is 1.